The monoisotopic (exact) mass is 216 g/mol. The minimum Gasteiger partial charge on any atom is -0.468 e. The number of carbonyl (C=O) groups is 1. The molecular weight excluding hydrogens is 204 g/mol. The molecule has 0 fully saturated rings. The number of nitrogens with two attached hydrogens (primary N) is 1. The van der Waals surface area contributed by atoms with E-state index < -0.39 is 0 Å². The number of ether oxygens (including phenoxy) is 1. The molecule has 0 atom stereocenters. The molecule has 0 radical (unpaired) electrons. The molecule has 1 rings (SSSR count). The first-order chi connectivity index (χ1) is 7.63. The summed E-state index contributed by atoms with van der Waals surface area (Å²) in [6, 6.07) is 6.93. The third-order valence-electron chi connectivity index (χ3n) is 1.89. The maximum Gasteiger partial charge on any atom is 0.317 e. The van der Waals surface area contributed by atoms with Crippen molar-refractivity contribution in [2.45, 2.75) is 6.42 Å². The lowest BCUT2D eigenvalue weighted by Gasteiger charge is -1.96. The van der Waals surface area contributed by atoms with Gasteiger partial charge in [-0.1, -0.05) is 24.0 Å². The molecule has 0 aliphatic carbocycles. The molecule has 1 aromatic carbocycles. The molecule has 0 aliphatic heterocycles. The zero-order valence-electron chi connectivity index (χ0n) is 8.91. The van der Waals surface area contributed by atoms with E-state index in [0.717, 1.165) is 5.56 Å². The number of nitrogens with one attached hydrogen (secondary N) is 1. The molecule has 0 saturated heterocycles. The molecule has 0 amide bonds. The Kier molecular flexibility index (Phi) is 4.10. The van der Waals surface area contributed by atoms with Crippen LogP contribution in [0.4, 0.5) is 0 Å². The minimum atomic E-state index is -0.354. The normalized spacial score (nSPS) is 8.81. The van der Waals surface area contributed by atoms with Gasteiger partial charge in [0, 0.05) is 11.1 Å². The standard InChI is InChI=1S/C12H12N2O2/c1-16-11(15)4-2-3-9-5-7-10(8-6-9)12(13)14/h5-8H,4H2,1H3,(H3,13,14). The van der Waals surface area contributed by atoms with E-state index >= 15 is 0 Å². The first-order valence-electron chi connectivity index (χ1n) is 4.63. The van der Waals surface area contributed by atoms with E-state index in [1.807, 2.05) is 0 Å². The van der Waals surface area contributed by atoms with E-state index in [0.29, 0.717) is 5.56 Å². The summed E-state index contributed by atoms with van der Waals surface area (Å²) in [5.41, 5.74) is 6.73. The number of hydrogen-bond acceptors (Lipinski definition) is 3. The van der Waals surface area contributed by atoms with Crippen molar-refractivity contribution < 1.29 is 9.53 Å². The van der Waals surface area contributed by atoms with Crippen LogP contribution in [-0.2, 0) is 9.53 Å². The summed E-state index contributed by atoms with van der Waals surface area (Å²) >= 11 is 0. The lowest BCUT2D eigenvalue weighted by Crippen LogP contribution is -2.10. The lowest BCUT2D eigenvalue weighted by atomic mass is 10.1. The van der Waals surface area contributed by atoms with Gasteiger partial charge < -0.3 is 10.5 Å². The van der Waals surface area contributed by atoms with Gasteiger partial charge in [0.25, 0.3) is 0 Å². The van der Waals surface area contributed by atoms with Gasteiger partial charge in [0.15, 0.2) is 0 Å². The van der Waals surface area contributed by atoms with E-state index in [9.17, 15) is 4.79 Å². The van der Waals surface area contributed by atoms with Crippen LogP contribution in [0, 0.1) is 17.3 Å². The first kappa shape index (κ1) is 11.8. The highest BCUT2D eigenvalue weighted by Crippen LogP contribution is 2.02. The number of nitrogen functional groups attached to an aromatic ring is 1. The maximum absolute atomic E-state index is 10.8. The molecule has 0 unspecified atom stereocenters. The van der Waals surface area contributed by atoms with Crippen molar-refractivity contribution in [3.63, 3.8) is 0 Å². The summed E-state index contributed by atoms with van der Waals surface area (Å²) in [5.74, 6) is 5.17. The first-order valence-corrected chi connectivity index (χ1v) is 4.63. The molecule has 82 valence electrons. The Morgan fingerprint density at radius 3 is 2.56 bits per heavy atom. The van der Waals surface area contributed by atoms with Crippen molar-refractivity contribution in [2.75, 3.05) is 7.11 Å². The van der Waals surface area contributed by atoms with Crippen molar-refractivity contribution in [2.24, 2.45) is 5.73 Å². The van der Waals surface area contributed by atoms with Gasteiger partial charge in [-0.3, -0.25) is 10.2 Å². The molecule has 0 aliphatic rings. The third-order valence-corrected chi connectivity index (χ3v) is 1.89. The zero-order chi connectivity index (χ0) is 12.0. The molecule has 4 heteroatoms. The van der Waals surface area contributed by atoms with Gasteiger partial charge in [-0.05, 0) is 12.1 Å². The summed E-state index contributed by atoms with van der Waals surface area (Å²) in [5, 5.41) is 7.21. The predicted molar refractivity (Wildman–Crippen MR) is 61.0 cm³/mol. The second-order valence-corrected chi connectivity index (χ2v) is 3.05. The summed E-state index contributed by atoms with van der Waals surface area (Å²) in [6.45, 7) is 0. The summed E-state index contributed by atoms with van der Waals surface area (Å²) in [4.78, 5) is 10.8. The predicted octanol–water partition coefficient (Wildman–Crippen LogP) is 0.885. The largest absolute Gasteiger partial charge is 0.468 e. The average molecular weight is 216 g/mol. The minimum absolute atomic E-state index is 0.0223. The summed E-state index contributed by atoms with van der Waals surface area (Å²) in [7, 11) is 1.33. The van der Waals surface area contributed by atoms with Crippen molar-refractivity contribution >= 4 is 11.8 Å². The third kappa shape index (κ3) is 3.46. The van der Waals surface area contributed by atoms with E-state index in [1.54, 1.807) is 24.3 Å². The van der Waals surface area contributed by atoms with Crippen LogP contribution in [0.3, 0.4) is 0 Å². The molecule has 0 heterocycles. The van der Waals surface area contributed by atoms with E-state index in [4.69, 9.17) is 11.1 Å². The van der Waals surface area contributed by atoms with Crippen molar-refractivity contribution in [3.8, 4) is 11.8 Å². The number of amidine groups is 1. The number of rotatable bonds is 2. The lowest BCUT2D eigenvalue weighted by molar-refractivity contribution is -0.139. The Morgan fingerprint density at radius 2 is 2.06 bits per heavy atom. The van der Waals surface area contributed by atoms with Gasteiger partial charge in [0.2, 0.25) is 0 Å². The summed E-state index contributed by atoms with van der Waals surface area (Å²) in [6.07, 6.45) is 0.0744. The average Bonchev–Trinajstić information content (AvgIpc) is 2.29. The van der Waals surface area contributed by atoms with Crippen LogP contribution >= 0.6 is 0 Å². The Hall–Kier alpha value is -2.28. The molecule has 4 nitrogen and oxygen atoms in total. The Morgan fingerprint density at radius 1 is 1.44 bits per heavy atom. The van der Waals surface area contributed by atoms with Crippen LogP contribution in [0.1, 0.15) is 17.5 Å². The van der Waals surface area contributed by atoms with Crippen LogP contribution in [-0.4, -0.2) is 18.9 Å². The SMILES string of the molecule is COC(=O)CC#Cc1ccc(C(=N)N)cc1. The highest BCUT2D eigenvalue weighted by molar-refractivity contribution is 5.94. The number of esters is 1. The van der Waals surface area contributed by atoms with Gasteiger partial charge in [0.1, 0.15) is 12.3 Å². The van der Waals surface area contributed by atoms with Crippen LogP contribution < -0.4 is 5.73 Å². The molecule has 3 N–H and O–H groups in total. The van der Waals surface area contributed by atoms with Gasteiger partial charge in [-0.25, -0.2) is 0 Å². The number of benzene rings is 1. The highest BCUT2D eigenvalue weighted by Gasteiger charge is 1.95. The van der Waals surface area contributed by atoms with Crippen LogP contribution in [0.5, 0.6) is 0 Å². The van der Waals surface area contributed by atoms with E-state index in [2.05, 4.69) is 16.6 Å². The molecule has 0 spiro atoms. The number of carbonyl (C=O) groups excluding carboxylic acids is 1. The Bertz CT molecular complexity index is 452. The van der Waals surface area contributed by atoms with Crippen molar-refractivity contribution in [1.82, 2.24) is 0 Å². The van der Waals surface area contributed by atoms with Gasteiger partial charge in [-0.2, -0.15) is 0 Å². The molecule has 0 aromatic heterocycles. The second kappa shape index (κ2) is 5.56. The smallest absolute Gasteiger partial charge is 0.317 e. The maximum atomic E-state index is 10.8. The Labute approximate surface area is 93.9 Å². The number of methoxy groups -OCH3 is 1. The van der Waals surface area contributed by atoms with E-state index in [1.165, 1.54) is 7.11 Å². The van der Waals surface area contributed by atoms with Gasteiger partial charge >= 0.3 is 5.97 Å². The molecule has 0 saturated carbocycles. The fraction of sp³-hybridized carbons (Fsp3) is 0.167. The Balaban J connectivity index is 2.68. The van der Waals surface area contributed by atoms with Gasteiger partial charge in [0.05, 0.1) is 7.11 Å². The van der Waals surface area contributed by atoms with Crippen LogP contribution in [0.15, 0.2) is 24.3 Å². The second-order valence-electron chi connectivity index (χ2n) is 3.05. The number of hydrogen-bond donors (Lipinski definition) is 2. The molecule has 1 aromatic rings. The molecular formula is C12H12N2O2. The topological polar surface area (TPSA) is 76.2 Å². The van der Waals surface area contributed by atoms with E-state index in [-0.39, 0.29) is 18.2 Å². The fourth-order valence-electron chi connectivity index (χ4n) is 1.02. The summed E-state index contributed by atoms with van der Waals surface area (Å²) < 4.78 is 4.45. The van der Waals surface area contributed by atoms with Crippen molar-refractivity contribution in [3.05, 3.63) is 35.4 Å². The van der Waals surface area contributed by atoms with Crippen LogP contribution in [0.25, 0.3) is 0 Å². The van der Waals surface area contributed by atoms with Crippen LogP contribution in [0.2, 0.25) is 0 Å². The highest BCUT2D eigenvalue weighted by atomic mass is 16.5. The van der Waals surface area contributed by atoms with Crippen molar-refractivity contribution in [1.29, 1.82) is 5.41 Å². The zero-order valence-corrected chi connectivity index (χ0v) is 8.91. The fourth-order valence-corrected chi connectivity index (χ4v) is 1.02. The van der Waals surface area contributed by atoms with Gasteiger partial charge in [-0.15, -0.1) is 0 Å². The quantitative estimate of drug-likeness (QED) is 0.333. The molecule has 16 heavy (non-hydrogen) atoms. The molecule has 0 bridgehead atoms.